The molecule has 3 aliphatic rings. The number of nitrogens with one attached hydrogen (secondary N) is 1. The molecule has 3 heterocycles. The number of hydrogen-bond donors (Lipinski definition) is 1. The Kier molecular flexibility index (Phi) is 5.90. The van der Waals surface area contributed by atoms with E-state index in [0.717, 1.165) is 38.5 Å². The van der Waals surface area contributed by atoms with Crippen LogP contribution in [0.2, 0.25) is 0 Å². The number of ether oxygens (including phenoxy) is 2. The highest BCUT2D eigenvalue weighted by atomic mass is 16.5. The molecule has 6 rings (SSSR count). The van der Waals surface area contributed by atoms with E-state index < -0.39 is 0 Å². The first kappa shape index (κ1) is 21.8. The minimum atomic E-state index is -0.0865. The van der Waals surface area contributed by atoms with Gasteiger partial charge in [0.1, 0.15) is 5.75 Å². The first-order chi connectivity index (χ1) is 16.8. The number of para-hydroxylation sites is 1. The molecule has 0 aromatic heterocycles. The van der Waals surface area contributed by atoms with Crippen molar-refractivity contribution in [3.63, 3.8) is 0 Å². The van der Waals surface area contributed by atoms with E-state index in [4.69, 9.17) is 9.47 Å². The van der Waals surface area contributed by atoms with Gasteiger partial charge in [0.25, 0.3) is 0 Å². The van der Waals surface area contributed by atoms with Crippen molar-refractivity contribution in [2.75, 3.05) is 26.9 Å². The Hall–Kier alpha value is -2.66. The number of morpholine rings is 1. The fourth-order valence-electron chi connectivity index (χ4n) is 6.91. The SMILES string of the molecule is COc1ccccc1CNC1(C(c2ccccc2)c2ccccc2)CC2CC3COCC2N3C1. The zero-order chi connectivity index (χ0) is 23.0. The Bertz CT molecular complexity index is 1070. The van der Waals surface area contributed by atoms with Gasteiger partial charge < -0.3 is 14.8 Å². The van der Waals surface area contributed by atoms with Gasteiger partial charge in [0, 0.05) is 42.2 Å². The van der Waals surface area contributed by atoms with E-state index in [2.05, 4.69) is 89.1 Å². The maximum atomic E-state index is 5.97. The molecule has 0 aliphatic carbocycles. The molecule has 0 saturated carbocycles. The topological polar surface area (TPSA) is 33.7 Å². The maximum Gasteiger partial charge on any atom is 0.123 e. The zero-order valence-corrected chi connectivity index (χ0v) is 19.9. The van der Waals surface area contributed by atoms with Gasteiger partial charge in [-0.25, -0.2) is 0 Å². The summed E-state index contributed by atoms with van der Waals surface area (Å²) in [5.41, 5.74) is 3.88. The first-order valence-corrected chi connectivity index (χ1v) is 12.6. The molecule has 4 heteroatoms. The molecule has 1 N–H and O–H groups in total. The second kappa shape index (κ2) is 9.18. The molecule has 0 spiro atoms. The van der Waals surface area contributed by atoms with Crippen LogP contribution in [0.5, 0.6) is 5.75 Å². The van der Waals surface area contributed by atoms with Crippen LogP contribution in [-0.2, 0) is 11.3 Å². The van der Waals surface area contributed by atoms with Gasteiger partial charge in [-0.05, 0) is 36.0 Å². The van der Waals surface area contributed by atoms with Crippen LogP contribution < -0.4 is 10.1 Å². The Morgan fingerprint density at radius 3 is 2.32 bits per heavy atom. The van der Waals surface area contributed by atoms with Crippen molar-refractivity contribution in [2.24, 2.45) is 5.92 Å². The third-order valence-corrected chi connectivity index (χ3v) is 8.35. The van der Waals surface area contributed by atoms with Crippen LogP contribution in [0.15, 0.2) is 84.9 Å². The van der Waals surface area contributed by atoms with Crippen molar-refractivity contribution in [2.45, 2.75) is 42.9 Å². The summed E-state index contributed by atoms with van der Waals surface area (Å²) in [7, 11) is 1.76. The summed E-state index contributed by atoms with van der Waals surface area (Å²) in [6.07, 6.45) is 2.40. The third-order valence-electron chi connectivity index (χ3n) is 8.35. The maximum absolute atomic E-state index is 5.97. The number of nitrogens with zero attached hydrogens (tertiary/aromatic N) is 1. The molecule has 4 nitrogen and oxygen atoms in total. The van der Waals surface area contributed by atoms with Crippen molar-refractivity contribution >= 4 is 0 Å². The number of rotatable bonds is 7. The smallest absolute Gasteiger partial charge is 0.123 e. The lowest BCUT2D eigenvalue weighted by atomic mass is 9.67. The monoisotopic (exact) mass is 454 g/mol. The lowest BCUT2D eigenvalue weighted by Gasteiger charge is -2.52. The number of piperidine rings is 1. The molecule has 3 aromatic carbocycles. The molecule has 34 heavy (non-hydrogen) atoms. The van der Waals surface area contributed by atoms with Gasteiger partial charge in [-0.3, -0.25) is 4.90 Å². The van der Waals surface area contributed by atoms with Crippen molar-refractivity contribution in [1.82, 2.24) is 10.2 Å². The van der Waals surface area contributed by atoms with E-state index in [-0.39, 0.29) is 11.5 Å². The van der Waals surface area contributed by atoms with E-state index in [1.807, 2.05) is 6.07 Å². The average Bonchev–Trinajstić information content (AvgIpc) is 3.03. The largest absolute Gasteiger partial charge is 0.496 e. The van der Waals surface area contributed by atoms with Gasteiger partial charge in [0.05, 0.1) is 20.3 Å². The summed E-state index contributed by atoms with van der Waals surface area (Å²) in [5.74, 6) is 1.86. The van der Waals surface area contributed by atoms with Crippen LogP contribution >= 0.6 is 0 Å². The Labute approximate surface area is 202 Å². The zero-order valence-electron chi connectivity index (χ0n) is 19.9. The van der Waals surface area contributed by atoms with E-state index in [1.54, 1.807) is 7.11 Å². The Balaban J connectivity index is 1.43. The molecule has 3 saturated heterocycles. The van der Waals surface area contributed by atoms with E-state index in [1.165, 1.54) is 23.1 Å². The lowest BCUT2D eigenvalue weighted by molar-refractivity contribution is -0.0559. The predicted molar refractivity (Wildman–Crippen MR) is 135 cm³/mol. The van der Waals surface area contributed by atoms with Crippen molar-refractivity contribution < 1.29 is 9.47 Å². The highest BCUT2D eigenvalue weighted by Gasteiger charge is 2.56. The standard InChI is InChI=1S/C30H34N2O2/c1-33-28-15-9-8-14-24(28)18-31-30(17-25-16-26-19-34-20-27(25)32(26)21-30)29(22-10-4-2-5-11-22)23-12-6-3-7-13-23/h2-15,25-27,29,31H,16-21H2,1H3. The summed E-state index contributed by atoms with van der Waals surface area (Å²) in [6.45, 7) is 3.57. The Morgan fingerprint density at radius 2 is 1.62 bits per heavy atom. The molecule has 4 bridgehead atoms. The summed E-state index contributed by atoms with van der Waals surface area (Å²) in [6, 6.07) is 31.7. The van der Waals surface area contributed by atoms with Crippen LogP contribution in [0.1, 0.15) is 35.4 Å². The molecule has 5 unspecified atom stereocenters. The fourth-order valence-corrected chi connectivity index (χ4v) is 6.91. The number of hydrogen-bond acceptors (Lipinski definition) is 4. The predicted octanol–water partition coefficient (Wildman–Crippen LogP) is 4.85. The molecule has 176 valence electrons. The van der Waals surface area contributed by atoms with Gasteiger partial charge in [-0.15, -0.1) is 0 Å². The molecule has 3 fully saturated rings. The molecular weight excluding hydrogens is 420 g/mol. The van der Waals surface area contributed by atoms with Crippen molar-refractivity contribution in [1.29, 1.82) is 0 Å². The van der Waals surface area contributed by atoms with Crippen LogP contribution in [0.4, 0.5) is 0 Å². The first-order valence-electron chi connectivity index (χ1n) is 12.6. The van der Waals surface area contributed by atoms with Crippen molar-refractivity contribution in [3.8, 4) is 5.75 Å². The van der Waals surface area contributed by atoms with E-state index >= 15 is 0 Å². The normalized spacial score (nSPS) is 29.8. The highest BCUT2D eigenvalue weighted by molar-refractivity contribution is 5.39. The molecule has 3 aliphatic heterocycles. The van der Waals surface area contributed by atoms with E-state index in [9.17, 15) is 0 Å². The molecule has 0 radical (unpaired) electrons. The molecule has 5 atom stereocenters. The molecule has 3 aromatic rings. The van der Waals surface area contributed by atoms with Gasteiger partial charge >= 0.3 is 0 Å². The lowest BCUT2D eigenvalue weighted by Crippen LogP contribution is -2.65. The third kappa shape index (κ3) is 3.84. The van der Waals surface area contributed by atoms with Gasteiger partial charge in [0.2, 0.25) is 0 Å². The minimum Gasteiger partial charge on any atom is -0.496 e. The number of methoxy groups -OCH3 is 1. The van der Waals surface area contributed by atoms with E-state index in [0.29, 0.717) is 18.0 Å². The summed E-state index contributed by atoms with van der Waals surface area (Å²) >= 11 is 0. The van der Waals surface area contributed by atoms with Gasteiger partial charge in [0.15, 0.2) is 0 Å². The highest BCUT2D eigenvalue weighted by Crippen LogP contribution is 2.50. The summed E-state index contributed by atoms with van der Waals surface area (Å²) in [5, 5.41) is 4.15. The van der Waals surface area contributed by atoms with Crippen LogP contribution in [-0.4, -0.2) is 49.4 Å². The quantitative estimate of drug-likeness (QED) is 0.553. The van der Waals surface area contributed by atoms with Gasteiger partial charge in [-0.2, -0.15) is 0 Å². The summed E-state index contributed by atoms with van der Waals surface area (Å²) < 4.78 is 11.7. The van der Waals surface area contributed by atoms with Crippen molar-refractivity contribution in [3.05, 3.63) is 102 Å². The second-order valence-electron chi connectivity index (χ2n) is 10.2. The average molecular weight is 455 g/mol. The van der Waals surface area contributed by atoms with Crippen LogP contribution in [0, 0.1) is 5.92 Å². The van der Waals surface area contributed by atoms with Crippen LogP contribution in [0.3, 0.4) is 0 Å². The Morgan fingerprint density at radius 1 is 0.941 bits per heavy atom. The summed E-state index contributed by atoms with van der Waals surface area (Å²) in [4.78, 5) is 2.77. The van der Waals surface area contributed by atoms with Crippen LogP contribution in [0.25, 0.3) is 0 Å². The van der Waals surface area contributed by atoms with Gasteiger partial charge in [-0.1, -0.05) is 78.9 Å². The number of benzene rings is 3. The molecular formula is C30H34N2O2. The fraction of sp³-hybridized carbons (Fsp3) is 0.400. The molecule has 0 amide bonds. The second-order valence-corrected chi connectivity index (χ2v) is 10.2. The minimum absolute atomic E-state index is 0.0865.